The fourth-order valence-electron chi connectivity index (χ4n) is 3.96. The maximum Gasteiger partial charge on any atom is 0.165 e. The van der Waals surface area contributed by atoms with Crippen LogP contribution in [0.2, 0.25) is 0 Å². The number of hydrogen-bond acceptors (Lipinski definition) is 4. The molecule has 0 saturated heterocycles. The Bertz CT molecular complexity index is 871. The van der Waals surface area contributed by atoms with Crippen molar-refractivity contribution < 1.29 is 14.6 Å². The second-order valence-electron chi connectivity index (χ2n) is 7.60. The van der Waals surface area contributed by atoms with E-state index in [2.05, 4.69) is 29.6 Å². The van der Waals surface area contributed by atoms with Gasteiger partial charge in [0.15, 0.2) is 11.5 Å². The van der Waals surface area contributed by atoms with Crippen LogP contribution in [-0.2, 0) is 6.54 Å². The summed E-state index contributed by atoms with van der Waals surface area (Å²) in [5.74, 6) is 1.32. The van der Waals surface area contributed by atoms with Crippen molar-refractivity contribution in [3.8, 4) is 11.5 Å². The van der Waals surface area contributed by atoms with Gasteiger partial charge in [-0.25, -0.2) is 0 Å². The van der Waals surface area contributed by atoms with Crippen LogP contribution in [0, 0.1) is 0 Å². The lowest BCUT2D eigenvalue weighted by Gasteiger charge is -2.34. The van der Waals surface area contributed by atoms with Crippen molar-refractivity contribution in [2.45, 2.75) is 31.9 Å². The molecule has 0 saturated carbocycles. The zero-order valence-corrected chi connectivity index (χ0v) is 18.0. The summed E-state index contributed by atoms with van der Waals surface area (Å²) in [7, 11) is 1.65. The Hall–Kier alpha value is -2.82. The van der Waals surface area contributed by atoms with Crippen LogP contribution in [0.25, 0.3) is 0 Å². The highest BCUT2D eigenvalue weighted by molar-refractivity contribution is 5.46. The number of para-hydroxylation sites is 1. The van der Waals surface area contributed by atoms with Gasteiger partial charge in [-0.1, -0.05) is 72.8 Å². The largest absolute Gasteiger partial charge is 0.493 e. The molecule has 158 valence electrons. The Labute approximate surface area is 179 Å². The first-order chi connectivity index (χ1) is 14.6. The van der Waals surface area contributed by atoms with Gasteiger partial charge >= 0.3 is 0 Å². The molecule has 4 heteroatoms. The number of methoxy groups -OCH3 is 1. The number of hydrogen-bond donors (Lipinski definition) is 2. The molecule has 0 spiro atoms. The molecule has 0 aliphatic heterocycles. The van der Waals surface area contributed by atoms with Crippen molar-refractivity contribution in [1.29, 1.82) is 0 Å². The molecule has 4 nitrogen and oxygen atoms in total. The minimum atomic E-state index is -0.993. The lowest BCUT2D eigenvalue weighted by atomic mass is 9.78. The molecule has 3 rings (SSSR count). The van der Waals surface area contributed by atoms with Gasteiger partial charge in [0.25, 0.3) is 0 Å². The van der Waals surface area contributed by atoms with Crippen LogP contribution in [-0.4, -0.2) is 31.0 Å². The van der Waals surface area contributed by atoms with Gasteiger partial charge in [0.2, 0.25) is 0 Å². The summed E-state index contributed by atoms with van der Waals surface area (Å²) < 4.78 is 11.2. The molecule has 0 heterocycles. The van der Waals surface area contributed by atoms with Gasteiger partial charge in [-0.3, -0.25) is 0 Å². The van der Waals surface area contributed by atoms with Crippen LogP contribution in [0.4, 0.5) is 0 Å². The standard InChI is InChI=1S/C26H31NO3/c1-4-30-23-17-11-16-22(25(23)29-3)18-27-19-26(2,28)24(20-12-7-5-8-13-20)21-14-9-6-10-15-21/h5-17,24,27-28H,4,18-19H2,1-3H3. The molecular weight excluding hydrogens is 374 g/mol. The van der Waals surface area contributed by atoms with E-state index in [1.54, 1.807) is 7.11 Å². The van der Waals surface area contributed by atoms with Crippen LogP contribution < -0.4 is 14.8 Å². The van der Waals surface area contributed by atoms with Crippen molar-refractivity contribution in [2.24, 2.45) is 0 Å². The highest BCUT2D eigenvalue weighted by Gasteiger charge is 2.34. The van der Waals surface area contributed by atoms with Crippen LogP contribution in [0.15, 0.2) is 78.9 Å². The van der Waals surface area contributed by atoms with Gasteiger partial charge in [-0.15, -0.1) is 0 Å². The summed E-state index contributed by atoms with van der Waals surface area (Å²) in [6.45, 7) is 5.41. The highest BCUT2D eigenvalue weighted by Crippen LogP contribution is 2.35. The topological polar surface area (TPSA) is 50.7 Å². The van der Waals surface area contributed by atoms with E-state index in [0.717, 1.165) is 28.2 Å². The van der Waals surface area contributed by atoms with E-state index in [1.807, 2.05) is 68.4 Å². The minimum absolute atomic E-state index is 0.149. The third kappa shape index (κ3) is 5.21. The molecule has 0 radical (unpaired) electrons. The second kappa shape index (κ2) is 10.3. The van der Waals surface area contributed by atoms with Crippen molar-refractivity contribution in [3.63, 3.8) is 0 Å². The summed E-state index contributed by atoms with van der Waals surface area (Å²) in [6.07, 6.45) is 0. The zero-order valence-electron chi connectivity index (χ0n) is 18.0. The van der Waals surface area contributed by atoms with Gasteiger partial charge in [-0.05, 0) is 31.0 Å². The monoisotopic (exact) mass is 405 g/mol. The molecule has 1 unspecified atom stereocenters. The zero-order chi connectivity index (χ0) is 21.4. The first-order valence-electron chi connectivity index (χ1n) is 10.4. The highest BCUT2D eigenvalue weighted by atomic mass is 16.5. The van der Waals surface area contributed by atoms with E-state index < -0.39 is 5.60 Å². The molecule has 0 fully saturated rings. The molecule has 0 aliphatic carbocycles. The van der Waals surface area contributed by atoms with Crippen LogP contribution in [0.1, 0.15) is 36.5 Å². The number of rotatable bonds is 10. The number of nitrogens with one attached hydrogen (secondary N) is 1. The fourth-order valence-corrected chi connectivity index (χ4v) is 3.96. The molecule has 0 aliphatic rings. The van der Waals surface area contributed by atoms with Gasteiger partial charge in [0.1, 0.15) is 0 Å². The summed E-state index contributed by atoms with van der Waals surface area (Å²) in [4.78, 5) is 0. The number of aliphatic hydroxyl groups is 1. The lowest BCUT2D eigenvalue weighted by Crippen LogP contribution is -2.43. The Morgan fingerprint density at radius 3 is 2.03 bits per heavy atom. The smallest absolute Gasteiger partial charge is 0.165 e. The molecule has 3 aromatic rings. The molecular formula is C26H31NO3. The minimum Gasteiger partial charge on any atom is -0.493 e. The number of benzene rings is 3. The van der Waals surface area contributed by atoms with Crippen molar-refractivity contribution in [1.82, 2.24) is 5.32 Å². The molecule has 30 heavy (non-hydrogen) atoms. The molecule has 0 bridgehead atoms. The Morgan fingerprint density at radius 1 is 0.900 bits per heavy atom. The summed E-state index contributed by atoms with van der Waals surface area (Å²) >= 11 is 0. The van der Waals surface area contributed by atoms with Gasteiger partial charge in [0.05, 0.1) is 19.3 Å². The normalized spacial score (nSPS) is 13.1. The van der Waals surface area contributed by atoms with E-state index in [-0.39, 0.29) is 5.92 Å². The van der Waals surface area contributed by atoms with Crippen LogP contribution in [0.3, 0.4) is 0 Å². The molecule has 1 atom stereocenters. The van der Waals surface area contributed by atoms with Gasteiger partial charge < -0.3 is 19.9 Å². The quantitative estimate of drug-likeness (QED) is 0.510. The molecule has 0 amide bonds. The van der Waals surface area contributed by atoms with Crippen LogP contribution >= 0.6 is 0 Å². The SMILES string of the molecule is CCOc1cccc(CNCC(C)(O)C(c2ccccc2)c2ccccc2)c1OC. The summed E-state index contributed by atoms with van der Waals surface area (Å²) in [5.41, 5.74) is 2.18. The Kier molecular flexibility index (Phi) is 7.50. The van der Waals surface area contributed by atoms with E-state index in [9.17, 15) is 5.11 Å². The maximum absolute atomic E-state index is 11.5. The third-order valence-corrected chi connectivity index (χ3v) is 5.25. The van der Waals surface area contributed by atoms with Crippen molar-refractivity contribution in [2.75, 3.05) is 20.3 Å². The summed E-state index contributed by atoms with van der Waals surface area (Å²) in [6, 6.07) is 26.2. The molecule has 3 aromatic carbocycles. The molecule has 2 N–H and O–H groups in total. The first kappa shape index (κ1) is 21.9. The predicted molar refractivity (Wildman–Crippen MR) is 121 cm³/mol. The van der Waals surface area contributed by atoms with E-state index >= 15 is 0 Å². The van der Waals surface area contributed by atoms with Crippen molar-refractivity contribution in [3.05, 3.63) is 95.6 Å². The van der Waals surface area contributed by atoms with Gasteiger partial charge in [-0.2, -0.15) is 0 Å². The molecule has 0 aromatic heterocycles. The van der Waals surface area contributed by atoms with E-state index in [1.165, 1.54) is 0 Å². The number of ether oxygens (including phenoxy) is 2. The fraction of sp³-hybridized carbons (Fsp3) is 0.308. The Balaban J connectivity index is 1.78. The van der Waals surface area contributed by atoms with E-state index in [0.29, 0.717) is 19.7 Å². The summed E-state index contributed by atoms with van der Waals surface area (Å²) in [5, 5.41) is 14.9. The second-order valence-corrected chi connectivity index (χ2v) is 7.60. The predicted octanol–water partition coefficient (Wildman–Crippen LogP) is 4.77. The average molecular weight is 406 g/mol. The average Bonchev–Trinajstić information content (AvgIpc) is 2.75. The van der Waals surface area contributed by atoms with Gasteiger partial charge in [0, 0.05) is 24.6 Å². The lowest BCUT2D eigenvalue weighted by molar-refractivity contribution is 0.0425. The van der Waals surface area contributed by atoms with E-state index in [4.69, 9.17) is 9.47 Å². The van der Waals surface area contributed by atoms with Crippen LogP contribution in [0.5, 0.6) is 11.5 Å². The van der Waals surface area contributed by atoms with Crippen molar-refractivity contribution >= 4 is 0 Å². The first-order valence-corrected chi connectivity index (χ1v) is 10.4. The maximum atomic E-state index is 11.5. The third-order valence-electron chi connectivity index (χ3n) is 5.25. The Morgan fingerprint density at radius 2 is 1.50 bits per heavy atom.